The summed E-state index contributed by atoms with van der Waals surface area (Å²) in [7, 11) is -2.78. The van der Waals surface area contributed by atoms with E-state index in [2.05, 4.69) is 15.9 Å². The van der Waals surface area contributed by atoms with Crippen LogP contribution in [0.3, 0.4) is 0 Å². The molecule has 10 heteroatoms. The van der Waals surface area contributed by atoms with Crippen molar-refractivity contribution in [3.8, 4) is 0 Å². The van der Waals surface area contributed by atoms with E-state index in [9.17, 15) is 26.4 Å². The predicted molar refractivity (Wildman–Crippen MR) is 88.9 cm³/mol. The van der Waals surface area contributed by atoms with Crippen LogP contribution in [0, 0.1) is 17.5 Å². The first kappa shape index (κ1) is 19.4. The Labute approximate surface area is 150 Å². The number of carbonyl (C=O) groups excluding carboxylic acids is 1. The summed E-state index contributed by atoms with van der Waals surface area (Å²) in [6.07, 6.45) is 0. The van der Waals surface area contributed by atoms with Gasteiger partial charge in [0.2, 0.25) is 15.9 Å². The number of hydrogen-bond acceptors (Lipinski definition) is 3. The van der Waals surface area contributed by atoms with Gasteiger partial charge in [0.05, 0.1) is 17.1 Å². The van der Waals surface area contributed by atoms with Crippen LogP contribution in [0.25, 0.3) is 0 Å². The molecule has 0 heterocycles. The van der Waals surface area contributed by atoms with Gasteiger partial charge >= 0.3 is 0 Å². The number of halogens is 4. The quantitative estimate of drug-likeness (QED) is 0.732. The van der Waals surface area contributed by atoms with Crippen LogP contribution in [-0.2, 0) is 14.8 Å². The number of sulfonamides is 1. The molecule has 134 valence electrons. The van der Waals surface area contributed by atoms with Crippen LogP contribution in [0.1, 0.15) is 0 Å². The summed E-state index contributed by atoms with van der Waals surface area (Å²) in [5.41, 5.74) is -0.585. The third-order valence-electron chi connectivity index (χ3n) is 3.20. The lowest BCUT2D eigenvalue weighted by Crippen LogP contribution is -2.35. The molecular formula is C15H12BrF3N2O3S. The lowest BCUT2D eigenvalue weighted by molar-refractivity contribution is -0.116. The molecule has 0 saturated heterocycles. The van der Waals surface area contributed by atoms with Gasteiger partial charge in [-0.05, 0) is 36.4 Å². The van der Waals surface area contributed by atoms with E-state index in [1.807, 2.05) is 5.32 Å². The maximum absolute atomic E-state index is 13.5. The van der Waals surface area contributed by atoms with E-state index in [1.54, 1.807) is 0 Å². The van der Waals surface area contributed by atoms with Crippen LogP contribution < -0.4 is 5.32 Å². The summed E-state index contributed by atoms with van der Waals surface area (Å²) in [5.74, 6) is -5.60. The van der Waals surface area contributed by atoms with Gasteiger partial charge in [-0.1, -0.05) is 15.9 Å². The average Bonchev–Trinajstić information content (AvgIpc) is 2.55. The van der Waals surface area contributed by atoms with E-state index in [4.69, 9.17) is 0 Å². The Morgan fingerprint density at radius 1 is 1.08 bits per heavy atom. The largest absolute Gasteiger partial charge is 0.322 e. The highest BCUT2D eigenvalue weighted by Crippen LogP contribution is 2.20. The number of nitrogens with zero attached hydrogens (tertiary/aromatic N) is 1. The molecule has 0 atom stereocenters. The number of likely N-dealkylation sites (N-methyl/N-ethyl adjacent to an activating group) is 1. The van der Waals surface area contributed by atoms with Gasteiger partial charge < -0.3 is 5.32 Å². The zero-order valence-electron chi connectivity index (χ0n) is 12.8. The SMILES string of the molecule is CN(CC(=O)Nc1ccc(F)c(F)c1F)S(=O)(=O)c1ccc(Br)cc1. The lowest BCUT2D eigenvalue weighted by atomic mass is 10.3. The number of benzene rings is 2. The van der Waals surface area contributed by atoms with Crippen LogP contribution in [0.4, 0.5) is 18.9 Å². The van der Waals surface area contributed by atoms with Crippen molar-refractivity contribution in [3.63, 3.8) is 0 Å². The maximum Gasteiger partial charge on any atom is 0.243 e. The molecule has 2 aromatic rings. The molecule has 5 nitrogen and oxygen atoms in total. The van der Waals surface area contributed by atoms with Crippen molar-refractivity contribution in [1.82, 2.24) is 4.31 Å². The number of hydrogen-bond donors (Lipinski definition) is 1. The van der Waals surface area contributed by atoms with Gasteiger partial charge in [-0.25, -0.2) is 21.6 Å². The normalized spacial score (nSPS) is 11.6. The Hall–Kier alpha value is -1.91. The fourth-order valence-corrected chi connectivity index (χ4v) is 3.28. The summed E-state index contributed by atoms with van der Waals surface area (Å²) in [6.45, 7) is -0.642. The molecule has 2 rings (SSSR count). The second-order valence-corrected chi connectivity index (χ2v) is 7.95. The maximum atomic E-state index is 13.5. The number of rotatable bonds is 5. The second kappa shape index (κ2) is 7.54. The predicted octanol–water partition coefficient (Wildman–Crippen LogP) is 3.13. The Morgan fingerprint density at radius 2 is 1.68 bits per heavy atom. The Morgan fingerprint density at radius 3 is 2.28 bits per heavy atom. The average molecular weight is 437 g/mol. The zero-order chi connectivity index (χ0) is 18.8. The Bertz CT molecular complexity index is 905. The van der Waals surface area contributed by atoms with Gasteiger partial charge in [-0.15, -0.1) is 0 Å². The van der Waals surface area contributed by atoms with Crippen molar-refractivity contribution in [2.24, 2.45) is 0 Å². The Kier molecular flexibility index (Phi) is 5.86. The van der Waals surface area contributed by atoms with Crippen molar-refractivity contribution in [2.45, 2.75) is 4.90 Å². The van der Waals surface area contributed by atoms with Gasteiger partial charge in [0.25, 0.3) is 0 Å². The molecule has 1 amide bonds. The van der Waals surface area contributed by atoms with Crippen LogP contribution in [0.2, 0.25) is 0 Å². The van der Waals surface area contributed by atoms with Crippen LogP contribution >= 0.6 is 15.9 Å². The molecule has 25 heavy (non-hydrogen) atoms. The molecule has 0 bridgehead atoms. The summed E-state index contributed by atoms with van der Waals surface area (Å²) < 4.78 is 65.7. The number of nitrogens with one attached hydrogen (secondary N) is 1. The fraction of sp³-hybridized carbons (Fsp3) is 0.133. The molecule has 0 aliphatic heterocycles. The highest BCUT2D eigenvalue weighted by atomic mass is 79.9. The molecule has 0 unspecified atom stereocenters. The van der Waals surface area contributed by atoms with Gasteiger partial charge in [-0.3, -0.25) is 4.79 Å². The highest BCUT2D eigenvalue weighted by Gasteiger charge is 2.24. The third-order valence-corrected chi connectivity index (χ3v) is 5.54. The van der Waals surface area contributed by atoms with Gasteiger partial charge in [0, 0.05) is 11.5 Å². The van der Waals surface area contributed by atoms with Gasteiger partial charge in [0.15, 0.2) is 17.5 Å². The minimum atomic E-state index is -3.94. The third kappa shape index (κ3) is 4.39. The van der Waals surface area contributed by atoms with Crippen LogP contribution in [0.5, 0.6) is 0 Å². The number of anilines is 1. The topological polar surface area (TPSA) is 66.5 Å². The van der Waals surface area contributed by atoms with Crippen molar-refractivity contribution >= 4 is 37.5 Å². The summed E-state index contributed by atoms with van der Waals surface area (Å²) in [4.78, 5) is 11.9. The standard InChI is InChI=1S/C15H12BrF3N2O3S/c1-21(25(23,24)10-4-2-9(16)3-5-10)8-13(22)20-12-7-6-11(17)14(18)15(12)19/h2-7H,8H2,1H3,(H,20,22). The molecule has 0 spiro atoms. The van der Waals surface area contributed by atoms with Crippen molar-refractivity contribution in [1.29, 1.82) is 0 Å². The lowest BCUT2D eigenvalue weighted by Gasteiger charge is -2.17. The summed E-state index contributed by atoms with van der Waals surface area (Å²) in [5, 5.41) is 2.01. The first-order valence-electron chi connectivity index (χ1n) is 6.78. The fourth-order valence-electron chi connectivity index (χ4n) is 1.89. The van der Waals surface area contributed by atoms with Crippen LogP contribution in [-0.4, -0.2) is 32.2 Å². The highest BCUT2D eigenvalue weighted by molar-refractivity contribution is 9.10. The first-order valence-corrected chi connectivity index (χ1v) is 9.01. The minimum Gasteiger partial charge on any atom is -0.322 e. The van der Waals surface area contributed by atoms with E-state index in [0.717, 1.165) is 10.4 Å². The van der Waals surface area contributed by atoms with Gasteiger partial charge in [0.1, 0.15) is 0 Å². The van der Waals surface area contributed by atoms with Crippen molar-refractivity contribution < 1.29 is 26.4 Å². The Balaban J connectivity index is 2.12. The van der Waals surface area contributed by atoms with Crippen molar-refractivity contribution in [2.75, 3.05) is 18.9 Å². The molecular weight excluding hydrogens is 425 g/mol. The first-order chi connectivity index (χ1) is 11.6. The zero-order valence-corrected chi connectivity index (χ0v) is 15.2. The second-order valence-electron chi connectivity index (χ2n) is 4.99. The molecule has 0 aliphatic carbocycles. The van der Waals surface area contributed by atoms with Crippen LogP contribution in [0.15, 0.2) is 45.8 Å². The molecule has 0 saturated carbocycles. The van der Waals surface area contributed by atoms with E-state index >= 15 is 0 Å². The number of amides is 1. The molecule has 0 radical (unpaired) electrons. The van der Waals surface area contributed by atoms with Crippen molar-refractivity contribution in [3.05, 3.63) is 58.3 Å². The van der Waals surface area contributed by atoms with E-state index in [-0.39, 0.29) is 4.90 Å². The smallest absolute Gasteiger partial charge is 0.243 e. The number of carbonyl (C=O) groups is 1. The molecule has 0 fully saturated rings. The summed E-state index contributed by atoms with van der Waals surface area (Å²) in [6, 6.07) is 7.24. The monoisotopic (exact) mass is 436 g/mol. The minimum absolute atomic E-state index is 0.0370. The molecule has 1 N–H and O–H groups in total. The van der Waals surface area contributed by atoms with E-state index < -0.39 is 45.6 Å². The molecule has 0 aliphatic rings. The molecule has 0 aromatic heterocycles. The van der Waals surface area contributed by atoms with E-state index in [0.29, 0.717) is 10.5 Å². The van der Waals surface area contributed by atoms with Gasteiger partial charge in [-0.2, -0.15) is 4.31 Å². The molecule has 2 aromatic carbocycles. The van der Waals surface area contributed by atoms with E-state index in [1.165, 1.54) is 31.3 Å². The summed E-state index contributed by atoms with van der Waals surface area (Å²) >= 11 is 3.18.